The summed E-state index contributed by atoms with van der Waals surface area (Å²) in [5, 5.41) is 0. The van der Waals surface area contributed by atoms with Gasteiger partial charge in [-0.1, -0.05) is 12.8 Å². The zero-order chi connectivity index (χ0) is 12.4. The van der Waals surface area contributed by atoms with Gasteiger partial charge in [0.05, 0.1) is 10.5 Å². The number of hydrogen-bond donors (Lipinski definition) is 1. The summed E-state index contributed by atoms with van der Waals surface area (Å²) in [5.74, 6) is 0.285. The van der Waals surface area contributed by atoms with E-state index in [4.69, 9.17) is 5.73 Å². The molecule has 4 heteroatoms. The zero-order valence-electron chi connectivity index (χ0n) is 10.8. The van der Waals surface area contributed by atoms with Gasteiger partial charge in [0.15, 0.2) is 9.84 Å². The van der Waals surface area contributed by atoms with Crippen molar-refractivity contribution < 1.29 is 8.42 Å². The predicted octanol–water partition coefficient (Wildman–Crippen LogP) is 2.11. The van der Waals surface area contributed by atoms with Crippen LogP contribution in [0.5, 0.6) is 0 Å². The Morgan fingerprint density at radius 2 is 1.69 bits per heavy atom. The molecule has 0 spiro atoms. The molecule has 16 heavy (non-hydrogen) atoms. The van der Waals surface area contributed by atoms with Crippen LogP contribution in [0.25, 0.3) is 0 Å². The van der Waals surface area contributed by atoms with Gasteiger partial charge in [-0.15, -0.1) is 0 Å². The lowest BCUT2D eigenvalue weighted by Gasteiger charge is -2.29. The van der Waals surface area contributed by atoms with Crippen LogP contribution in [0.15, 0.2) is 0 Å². The molecule has 2 N–H and O–H groups in total. The Morgan fingerprint density at radius 3 is 2.06 bits per heavy atom. The maximum absolute atomic E-state index is 12.0. The first kappa shape index (κ1) is 14.0. The Morgan fingerprint density at radius 1 is 1.19 bits per heavy atom. The molecule has 0 bridgehead atoms. The van der Waals surface area contributed by atoms with Crippen LogP contribution in [-0.4, -0.2) is 25.5 Å². The Labute approximate surface area is 99.7 Å². The zero-order valence-corrected chi connectivity index (χ0v) is 11.6. The Hall–Kier alpha value is -0.0900. The van der Waals surface area contributed by atoms with E-state index in [0.29, 0.717) is 6.54 Å². The van der Waals surface area contributed by atoms with E-state index < -0.39 is 14.6 Å². The third kappa shape index (κ3) is 2.98. The van der Waals surface area contributed by atoms with Crippen molar-refractivity contribution >= 4 is 9.84 Å². The maximum atomic E-state index is 12.0. The van der Waals surface area contributed by atoms with E-state index in [9.17, 15) is 8.42 Å². The SMILES string of the molecule is CC(C)(C)S(=O)(=O)CCC1(CN)CCCC1. The highest BCUT2D eigenvalue weighted by molar-refractivity contribution is 7.92. The molecular formula is C12H25NO2S. The van der Waals surface area contributed by atoms with Gasteiger partial charge in [-0.05, 0) is 52.0 Å². The van der Waals surface area contributed by atoms with E-state index in [0.717, 1.165) is 19.3 Å². The van der Waals surface area contributed by atoms with E-state index in [1.54, 1.807) is 20.8 Å². The second-order valence-electron chi connectivity index (χ2n) is 6.09. The van der Waals surface area contributed by atoms with E-state index in [2.05, 4.69) is 0 Å². The van der Waals surface area contributed by atoms with Crippen molar-refractivity contribution in [2.45, 2.75) is 57.6 Å². The second kappa shape index (κ2) is 4.65. The van der Waals surface area contributed by atoms with Crippen LogP contribution in [0, 0.1) is 5.41 Å². The topological polar surface area (TPSA) is 60.2 Å². The molecule has 0 saturated heterocycles. The summed E-state index contributed by atoms with van der Waals surface area (Å²) in [6, 6.07) is 0. The van der Waals surface area contributed by atoms with Gasteiger partial charge in [-0.2, -0.15) is 0 Å². The standard InChI is InChI=1S/C12H25NO2S/c1-11(2,3)16(14,15)9-8-12(10-13)6-4-5-7-12/h4-10,13H2,1-3H3. The van der Waals surface area contributed by atoms with Crippen LogP contribution in [0.2, 0.25) is 0 Å². The number of sulfone groups is 1. The monoisotopic (exact) mass is 247 g/mol. The minimum absolute atomic E-state index is 0.109. The Kier molecular flexibility index (Phi) is 4.06. The summed E-state index contributed by atoms with van der Waals surface area (Å²) in [4.78, 5) is 0. The highest BCUT2D eigenvalue weighted by Crippen LogP contribution is 2.40. The first-order valence-electron chi connectivity index (χ1n) is 6.15. The second-order valence-corrected chi connectivity index (χ2v) is 8.95. The van der Waals surface area contributed by atoms with Crippen molar-refractivity contribution in [1.82, 2.24) is 0 Å². The molecule has 3 nitrogen and oxygen atoms in total. The number of hydrogen-bond acceptors (Lipinski definition) is 3. The lowest BCUT2D eigenvalue weighted by atomic mass is 9.84. The minimum Gasteiger partial charge on any atom is -0.330 e. The van der Waals surface area contributed by atoms with Gasteiger partial charge < -0.3 is 5.73 Å². The van der Waals surface area contributed by atoms with Gasteiger partial charge in [0.2, 0.25) is 0 Å². The van der Waals surface area contributed by atoms with E-state index in [1.807, 2.05) is 0 Å². The van der Waals surface area contributed by atoms with Crippen LogP contribution in [0.1, 0.15) is 52.9 Å². The van der Waals surface area contributed by atoms with Gasteiger partial charge >= 0.3 is 0 Å². The fourth-order valence-corrected chi connectivity index (χ4v) is 3.65. The Balaban J connectivity index is 2.64. The van der Waals surface area contributed by atoms with Gasteiger partial charge in [-0.25, -0.2) is 8.42 Å². The normalized spacial score (nSPS) is 21.2. The molecule has 0 radical (unpaired) electrons. The largest absolute Gasteiger partial charge is 0.330 e. The molecule has 0 aromatic carbocycles. The molecule has 0 unspecified atom stereocenters. The van der Waals surface area contributed by atoms with Crippen LogP contribution < -0.4 is 5.73 Å². The summed E-state index contributed by atoms with van der Waals surface area (Å²) in [7, 11) is -2.99. The lowest BCUT2D eigenvalue weighted by molar-refractivity contribution is 0.297. The van der Waals surface area contributed by atoms with E-state index in [-0.39, 0.29) is 11.2 Å². The molecule has 1 saturated carbocycles. The minimum atomic E-state index is -2.99. The highest BCUT2D eigenvalue weighted by atomic mass is 32.2. The molecule has 0 aromatic rings. The molecule has 1 fully saturated rings. The van der Waals surface area contributed by atoms with Crippen molar-refractivity contribution in [2.24, 2.45) is 11.1 Å². The summed E-state index contributed by atoms with van der Waals surface area (Å²) < 4.78 is 23.4. The molecule has 0 heterocycles. The molecular weight excluding hydrogens is 222 g/mol. The molecule has 0 atom stereocenters. The number of rotatable bonds is 4. The predicted molar refractivity (Wildman–Crippen MR) is 68.1 cm³/mol. The fourth-order valence-electron chi connectivity index (χ4n) is 2.34. The summed E-state index contributed by atoms with van der Waals surface area (Å²) in [6.45, 7) is 5.94. The van der Waals surface area contributed by atoms with Crippen LogP contribution in [0.4, 0.5) is 0 Å². The van der Waals surface area contributed by atoms with Crippen LogP contribution >= 0.6 is 0 Å². The maximum Gasteiger partial charge on any atom is 0.155 e. The van der Waals surface area contributed by atoms with Gasteiger partial charge in [0, 0.05) is 0 Å². The molecule has 0 aliphatic heterocycles. The molecule has 96 valence electrons. The first-order valence-corrected chi connectivity index (χ1v) is 7.80. The van der Waals surface area contributed by atoms with Gasteiger partial charge in [0.25, 0.3) is 0 Å². The third-order valence-corrected chi connectivity index (χ3v) is 6.54. The van der Waals surface area contributed by atoms with E-state index in [1.165, 1.54) is 12.8 Å². The number of nitrogens with two attached hydrogens (primary N) is 1. The fraction of sp³-hybridized carbons (Fsp3) is 1.00. The molecule has 1 aliphatic rings. The van der Waals surface area contributed by atoms with E-state index >= 15 is 0 Å². The average molecular weight is 247 g/mol. The third-order valence-electron chi connectivity index (χ3n) is 3.93. The summed E-state index contributed by atoms with van der Waals surface area (Å²) >= 11 is 0. The summed E-state index contributed by atoms with van der Waals surface area (Å²) in [5.41, 5.74) is 5.92. The molecule has 1 aliphatic carbocycles. The summed E-state index contributed by atoms with van der Waals surface area (Å²) in [6.07, 6.45) is 5.34. The van der Waals surface area contributed by atoms with Crippen molar-refractivity contribution in [3.05, 3.63) is 0 Å². The van der Waals surface area contributed by atoms with Gasteiger partial charge in [-0.3, -0.25) is 0 Å². The Bertz CT molecular complexity index is 321. The molecule has 0 amide bonds. The average Bonchev–Trinajstić information content (AvgIpc) is 2.62. The smallest absolute Gasteiger partial charge is 0.155 e. The van der Waals surface area contributed by atoms with Gasteiger partial charge in [0.1, 0.15) is 0 Å². The first-order chi connectivity index (χ1) is 7.22. The molecule has 1 rings (SSSR count). The molecule has 0 aromatic heterocycles. The lowest BCUT2D eigenvalue weighted by Crippen LogP contribution is -2.35. The van der Waals surface area contributed by atoms with Crippen molar-refractivity contribution in [1.29, 1.82) is 0 Å². The van der Waals surface area contributed by atoms with Crippen LogP contribution in [-0.2, 0) is 9.84 Å². The highest BCUT2D eigenvalue weighted by Gasteiger charge is 2.36. The van der Waals surface area contributed by atoms with Crippen molar-refractivity contribution in [2.75, 3.05) is 12.3 Å². The van der Waals surface area contributed by atoms with Crippen molar-refractivity contribution in [3.63, 3.8) is 0 Å². The quantitative estimate of drug-likeness (QED) is 0.827. The van der Waals surface area contributed by atoms with Crippen LogP contribution in [0.3, 0.4) is 0 Å². The van der Waals surface area contributed by atoms with Crippen molar-refractivity contribution in [3.8, 4) is 0 Å².